The van der Waals surface area contributed by atoms with Crippen molar-refractivity contribution in [2.45, 2.75) is 25.8 Å². The smallest absolute Gasteiger partial charge is 0.254 e. The Morgan fingerprint density at radius 1 is 1.04 bits per heavy atom. The van der Waals surface area contributed by atoms with Crippen LogP contribution in [0.15, 0.2) is 48.5 Å². The van der Waals surface area contributed by atoms with Crippen LogP contribution < -0.4 is 5.73 Å². The van der Waals surface area contributed by atoms with Gasteiger partial charge in [-0.3, -0.25) is 9.59 Å². The van der Waals surface area contributed by atoms with E-state index in [0.717, 1.165) is 18.4 Å². The molecule has 1 heterocycles. The molecule has 1 aliphatic rings. The number of carbonyl (C=O) groups excluding carboxylic acids is 2. The lowest BCUT2D eigenvalue weighted by Crippen LogP contribution is -2.46. The number of nitrogens with two attached hydrogens (primary N) is 1. The van der Waals surface area contributed by atoms with E-state index in [0.29, 0.717) is 29.8 Å². The lowest BCUT2D eigenvalue weighted by molar-refractivity contribution is 0.0705. The van der Waals surface area contributed by atoms with Gasteiger partial charge in [-0.25, -0.2) is 0 Å². The quantitative estimate of drug-likeness (QED) is 0.857. The molecule has 1 fully saturated rings. The molecule has 2 N–H and O–H groups in total. The normalized spacial score (nSPS) is 16.9. The molecule has 1 atom stereocenters. The first-order valence-corrected chi connectivity index (χ1v) is 8.31. The second kappa shape index (κ2) is 8.28. The summed E-state index contributed by atoms with van der Waals surface area (Å²) in [6.45, 7) is 3.22. The number of ketones is 1. The van der Waals surface area contributed by atoms with Gasteiger partial charge in [0.2, 0.25) is 0 Å². The zero-order valence-electron chi connectivity index (χ0n) is 14.3. The molecule has 2 aromatic carbocycles. The standard InChI is InChI=1S/C20H22N2O2.ClH/c1-14-8-10-15(11-9-14)19(23)17-6-2-3-7-18(17)20(24)22-12-4-5-16(21)13-22;/h2-3,6-11,16H,4-5,12-13,21H2,1H3;1H. The first-order chi connectivity index (χ1) is 11.6. The minimum Gasteiger partial charge on any atom is -0.337 e. The molecule has 1 saturated heterocycles. The number of benzene rings is 2. The van der Waals surface area contributed by atoms with Gasteiger partial charge in [0.05, 0.1) is 5.56 Å². The van der Waals surface area contributed by atoms with Crippen molar-refractivity contribution in [2.75, 3.05) is 13.1 Å². The average Bonchev–Trinajstić information content (AvgIpc) is 2.61. The monoisotopic (exact) mass is 358 g/mol. The van der Waals surface area contributed by atoms with Crippen molar-refractivity contribution >= 4 is 24.1 Å². The number of hydrogen-bond donors (Lipinski definition) is 1. The number of halogens is 1. The molecule has 2 aromatic rings. The molecule has 1 amide bonds. The van der Waals surface area contributed by atoms with E-state index in [4.69, 9.17) is 5.73 Å². The van der Waals surface area contributed by atoms with Gasteiger partial charge in [0, 0.05) is 30.3 Å². The summed E-state index contributed by atoms with van der Waals surface area (Å²) >= 11 is 0. The van der Waals surface area contributed by atoms with Crippen molar-refractivity contribution in [2.24, 2.45) is 5.73 Å². The Labute approximate surface area is 154 Å². The highest BCUT2D eigenvalue weighted by molar-refractivity contribution is 6.15. The molecule has 0 bridgehead atoms. The summed E-state index contributed by atoms with van der Waals surface area (Å²) in [6.07, 6.45) is 1.84. The Bertz CT molecular complexity index is 759. The van der Waals surface area contributed by atoms with Crippen molar-refractivity contribution < 1.29 is 9.59 Å². The lowest BCUT2D eigenvalue weighted by atomic mass is 9.96. The van der Waals surface area contributed by atoms with E-state index < -0.39 is 0 Å². The van der Waals surface area contributed by atoms with Crippen molar-refractivity contribution in [3.63, 3.8) is 0 Å². The van der Waals surface area contributed by atoms with Gasteiger partial charge in [-0.05, 0) is 25.8 Å². The Kier molecular flexibility index (Phi) is 6.34. The Balaban J connectivity index is 0.00000225. The minimum absolute atomic E-state index is 0. The first-order valence-electron chi connectivity index (χ1n) is 8.31. The van der Waals surface area contributed by atoms with Crippen molar-refractivity contribution in [1.82, 2.24) is 4.90 Å². The number of hydrogen-bond acceptors (Lipinski definition) is 3. The van der Waals surface area contributed by atoms with Gasteiger partial charge >= 0.3 is 0 Å². The van der Waals surface area contributed by atoms with Crippen molar-refractivity contribution in [1.29, 1.82) is 0 Å². The van der Waals surface area contributed by atoms with Crippen LogP contribution in [0.5, 0.6) is 0 Å². The number of nitrogens with zero attached hydrogens (tertiary/aromatic N) is 1. The van der Waals surface area contributed by atoms with Gasteiger partial charge < -0.3 is 10.6 Å². The minimum atomic E-state index is -0.125. The van der Waals surface area contributed by atoms with Gasteiger partial charge in [0.25, 0.3) is 5.91 Å². The third kappa shape index (κ3) is 4.27. The van der Waals surface area contributed by atoms with E-state index in [1.54, 1.807) is 41.3 Å². The van der Waals surface area contributed by atoms with Crippen molar-refractivity contribution in [3.05, 3.63) is 70.8 Å². The fourth-order valence-corrected chi connectivity index (χ4v) is 3.09. The van der Waals surface area contributed by atoms with Gasteiger partial charge in [-0.2, -0.15) is 0 Å². The maximum absolute atomic E-state index is 12.9. The topological polar surface area (TPSA) is 63.4 Å². The second-order valence-corrected chi connectivity index (χ2v) is 6.39. The van der Waals surface area contributed by atoms with E-state index in [-0.39, 0.29) is 30.1 Å². The van der Waals surface area contributed by atoms with Gasteiger partial charge in [-0.15, -0.1) is 12.4 Å². The Morgan fingerprint density at radius 2 is 1.68 bits per heavy atom. The number of aryl methyl sites for hydroxylation is 1. The fourth-order valence-electron chi connectivity index (χ4n) is 3.09. The van der Waals surface area contributed by atoms with Crippen LogP contribution in [0.2, 0.25) is 0 Å². The van der Waals surface area contributed by atoms with Crippen LogP contribution in [0.3, 0.4) is 0 Å². The summed E-state index contributed by atoms with van der Waals surface area (Å²) in [5, 5.41) is 0. The predicted octanol–water partition coefficient (Wildman–Crippen LogP) is 3.21. The maximum Gasteiger partial charge on any atom is 0.254 e. The molecular formula is C20H23ClN2O2. The molecule has 1 unspecified atom stereocenters. The summed E-state index contributed by atoms with van der Waals surface area (Å²) in [6, 6.07) is 14.5. The maximum atomic E-state index is 12.9. The highest BCUT2D eigenvalue weighted by atomic mass is 35.5. The van der Waals surface area contributed by atoms with Crippen LogP contribution in [0.25, 0.3) is 0 Å². The first kappa shape index (κ1) is 19.2. The number of likely N-dealkylation sites (tertiary alicyclic amines) is 1. The second-order valence-electron chi connectivity index (χ2n) is 6.39. The molecule has 4 nitrogen and oxygen atoms in total. The van der Waals surface area contributed by atoms with E-state index in [1.165, 1.54) is 0 Å². The summed E-state index contributed by atoms with van der Waals surface area (Å²) < 4.78 is 0. The fraction of sp³-hybridized carbons (Fsp3) is 0.300. The van der Waals surface area contributed by atoms with Crippen LogP contribution in [0, 0.1) is 6.92 Å². The number of piperidine rings is 1. The van der Waals surface area contributed by atoms with E-state index in [9.17, 15) is 9.59 Å². The predicted molar refractivity (Wildman–Crippen MR) is 101 cm³/mol. The average molecular weight is 359 g/mol. The molecule has 0 radical (unpaired) electrons. The third-order valence-corrected chi connectivity index (χ3v) is 4.46. The number of rotatable bonds is 3. The van der Waals surface area contributed by atoms with Crippen LogP contribution in [-0.2, 0) is 0 Å². The summed E-state index contributed by atoms with van der Waals surface area (Å²) in [4.78, 5) is 27.5. The van der Waals surface area contributed by atoms with E-state index in [1.807, 2.05) is 19.1 Å². The summed E-state index contributed by atoms with van der Waals surface area (Å²) in [5.41, 5.74) is 8.58. The third-order valence-electron chi connectivity index (χ3n) is 4.46. The molecule has 0 aliphatic carbocycles. The molecule has 25 heavy (non-hydrogen) atoms. The largest absolute Gasteiger partial charge is 0.337 e. The van der Waals surface area contributed by atoms with Gasteiger partial charge in [0.15, 0.2) is 5.78 Å². The number of amides is 1. The number of carbonyl (C=O) groups is 2. The molecule has 132 valence electrons. The molecule has 0 spiro atoms. The molecule has 5 heteroatoms. The van der Waals surface area contributed by atoms with Crippen LogP contribution >= 0.6 is 12.4 Å². The van der Waals surface area contributed by atoms with Gasteiger partial charge in [0.1, 0.15) is 0 Å². The van der Waals surface area contributed by atoms with Gasteiger partial charge in [-0.1, -0.05) is 48.0 Å². The molecule has 0 aromatic heterocycles. The van der Waals surface area contributed by atoms with Crippen molar-refractivity contribution in [3.8, 4) is 0 Å². The van der Waals surface area contributed by atoms with Crippen LogP contribution in [-0.4, -0.2) is 35.7 Å². The summed E-state index contributed by atoms with van der Waals surface area (Å²) in [7, 11) is 0. The zero-order valence-corrected chi connectivity index (χ0v) is 15.1. The zero-order chi connectivity index (χ0) is 17.1. The lowest BCUT2D eigenvalue weighted by Gasteiger charge is -2.31. The molecule has 3 rings (SSSR count). The Hall–Kier alpha value is -2.17. The van der Waals surface area contributed by atoms with Crippen LogP contribution in [0.4, 0.5) is 0 Å². The molecule has 0 saturated carbocycles. The van der Waals surface area contributed by atoms with E-state index >= 15 is 0 Å². The highest BCUT2D eigenvalue weighted by Crippen LogP contribution is 2.19. The van der Waals surface area contributed by atoms with Crippen LogP contribution in [0.1, 0.15) is 44.7 Å². The summed E-state index contributed by atoms with van der Waals surface area (Å²) in [5.74, 6) is -0.235. The van der Waals surface area contributed by atoms with E-state index in [2.05, 4.69) is 0 Å². The highest BCUT2D eigenvalue weighted by Gasteiger charge is 2.25. The molecule has 1 aliphatic heterocycles. The SMILES string of the molecule is Cc1ccc(C(=O)c2ccccc2C(=O)N2CCCC(N)C2)cc1.Cl. The Morgan fingerprint density at radius 3 is 2.32 bits per heavy atom. The molecular weight excluding hydrogens is 336 g/mol.